The maximum atomic E-state index is 12.8. The highest BCUT2D eigenvalue weighted by atomic mass is 16.3. The zero-order chi connectivity index (χ0) is 22.2. The van der Waals surface area contributed by atoms with E-state index in [1.807, 2.05) is 42.5 Å². The molecule has 1 fully saturated rings. The molecule has 1 unspecified atom stereocenters. The number of aliphatic hydroxyl groups is 1. The molecule has 2 amide bonds. The van der Waals surface area contributed by atoms with Crippen LogP contribution in [0.2, 0.25) is 0 Å². The fraction of sp³-hybridized carbons (Fsp3) is 0.292. The Balaban J connectivity index is 1.52. The molecule has 1 aliphatic heterocycles. The van der Waals surface area contributed by atoms with Crippen molar-refractivity contribution in [3.05, 3.63) is 71.8 Å². The maximum absolute atomic E-state index is 12.8. The molecule has 2 N–H and O–H groups in total. The van der Waals surface area contributed by atoms with E-state index in [2.05, 4.69) is 10.2 Å². The van der Waals surface area contributed by atoms with Crippen LogP contribution in [-0.2, 0) is 9.59 Å². The minimum Gasteiger partial charge on any atom is -0.394 e. The highest BCUT2D eigenvalue weighted by Crippen LogP contribution is 2.18. The summed E-state index contributed by atoms with van der Waals surface area (Å²) in [6.45, 7) is 3.30. The average molecular weight is 421 g/mol. The van der Waals surface area contributed by atoms with Crippen molar-refractivity contribution >= 4 is 29.4 Å². The lowest BCUT2D eigenvalue weighted by molar-refractivity contribution is -0.137. The Morgan fingerprint density at radius 1 is 1.00 bits per heavy atom. The third-order valence-electron chi connectivity index (χ3n) is 5.25. The van der Waals surface area contributed by atoms with Gasteiger partial charge in [0.25, 0.3) is 0 Å². The Bertz CT molecular complexity index is 933. The summed E-state index contributed by atoms with van der Waals surface area (Å²) in [6, 6.07) is 15.8. The Labute approximate surface area is 182 Å². The number of nitrogens with one attached hydrogen (secondary N) is 1. The van der Waals surface area contributed by atoms with Gasteiger partial charge in [-0.25, -0.2) is 0 Å². The monoisotopic (exact) mass is 421 g/mol. The van der Waals surface area contributed by atoms with Gasteiger partial charge >= 0.3 is 0 Å². The molecule has 1 aliphatic rings. The van der Waals surface area contributed by atoms with Gasteiger partial charge in [-0.3, -0.25) is 14.4 Å². The average Bonchev–Trinajstić information content (AvgIpc) is 2.81. The van der Waals surface area contributed by atoms with E-state index in [0.717, 1.165) is 11.3 Å². The highest BCUT2D eigenvalue weighted by Gasteiger charge is 2.28. The number of rotatable bonds is 7. The number of hydrogen-bond donors (Lipinski definition) is 2. The second-order valence-corrected chi connectivity index (χ2v) is 7.40. The summed E-state index contributed by atoms with van der Waals surface area (Å²) in [4.78, 5) is 40.2. The van der Waals surface area contributed by atoms with E-state index in [0.29, 0.717) is 31.7 Å². The van der Waals surface area contributed by atoms with Gasteiger partial charge in [0.05, 0.1) is 6.61 Å². The van der Waals surface area contributed by atoms with Crippen molar-refractivity contribution < 1.29 is 19.5 Å². The Kier molecular flexibility index (Phi) is 7.56. The molecule has 0 radical (unpaired) electrons. The summed E-state index contributed by atoms with van der Waals surface area (Å²) in [5.74, 6) is -0.700. The molecule has 7 nitrogen and oxygen atoms in total. The summed E-state index contributed by atoms with van der Waals surface area (Å²) >= 11 is 0. The van der Waals surface area contributed by atoms with E-state index in [1.54, 1.807) is 23.1 Å². The lowest BCUT2D eigenvalue weighted by atomic mass is 10.1. The summed E-state index contributed by atoms with van der Waals surface area (Å²) in [5.41, 5.74) is 2.53. The van der Waals surface area contributed by atoms with Crippen molar-refractivity contribution in [3.63, 3.8) is 0 Å². The van der Waals surface area contributed by atoms with E-state index in [9.17, 15) is 19.5 Å². The lowest BCUT2D eigenvalue weighted by Gasteiger charge is -2.37. The van der Waals surface area contributed by atoms with Crippen LogP contribution < -0.4 is 10.2 Å². The first-order valence-electron chi connectivity index (χ1n) is 10.3. The number of benzene rings is 2. The zero-order valence-corrected chi connectivity index (χ0v) is 17.5. The second-order valence-electron chi connectivity index (χ2n) is 7.40. The van der Waals surface area contributed by atoms with Crippen molar-refractivity contribution in [1.82, 2.24) is 10.2 Å². The normalized spacial score (nSPS) is 15.0. The largest absolute Gasteiger partial charge is 0.394 e. The second kappa shape index (κ2) is 10.5. The number of ketones is 1. The van der Waals surface area contributed by atoms with Gasteiger partial charge < -0.3 is 20.2 Å². The molecule has 0 aromatic heterocycles. The van der Waals surface area contributed by atoms with Crippen LogP contribution in [0.25, 0.3) is 6.08 Å². The Hall–Kier alpha value is -3.45. The van der Waals surface area contributed by atoms with Crippen molar-refractivity contribution in [2.75, 3.05) is 37.7 Å². The van der Waals surface area contributed by atoms with Crippen LogP contribution in [0.5, 0.6) is 0 Å². The number of Topliss-reactive ketones (excluding diaryl/α,β-unsaturated/α-hetero) is 1. The maximum Gasteiger partial charge on any atom is 0.247 e. The Morgan fingerprint density at radius 3 is 2.23 bits per heavy atom. The minimum absolute atomic E-state index is 0.0256. The van der Waals surface area contributed by atoms with Gasteiger partial charge in [0.2, 0.25) is 11.8 Å². The molecule has 31 heavy (non-hydrogen) atoms. The van der Waals surface area contributed by atoms with E-state index < -0.39 is 18.6 Å². The summed E-state index contributed by atoms with van der Waals surface area (Å²) in [5, 5.41) is 12.2. The number of amides is 2. The van der Waals surface area contributed by atoms with Gasteiger partial charge in [0, 0.05) is 43.5 Å². The molecule has 0 bridgehead atoms. The van der Waals surface area contributed by atoms with Gasteiger partial charge in [-0.05, 0) is 42.8 Å². The number of piperazine rings is 1. The van der Waals surface area contributed by atoms with E-state index in [4.69, 9.17) is 0 Å². The number of nitrogens with zero attached hydrogens (tertiary/aromatic N) is 2. The molecule has 1 atom stereocenters. The van der Waals surface area contributed by atoms with E-state index in [1.165, 1.54) is 13.0 Å². The van der Waals surface area contributed by atoms with Crippen LogP contribution >= 0.6 is 0 Å². The molecule has 0 aliphatic carbocycles. The van der Waals surface area contributed by atoms with Crippen LogP contribution in [0.3, 0.4) is 0 Å². The third-order valence-corrected chi connectivity index (χ3v) is 5.25. The first-order chi connectivity index (χ1) is 15.0. The van der Waals surface area contributed by atoms with Gasteiger partial charge in [-0.1, -0.05) is 30.3 Å². The highest BCUT2D eigenvalue weighted by molar-refractivity contribution is 5.96. The predicted octanol–water partition coefficient (Wildman–Crippen LogP) is 1.73. The summed E-state index contributed by atoms with van der Waals surface area (Å²) in [7, 11) is 0. The number of anilines is 1. The van der Waals surface area contributed by atoms with Crippen LogP contribution in [0, 0.1) is 0 Å². The van der Waals surface area contributed by atoms with Crippen molar-refractivity contribution in [1.29, 1.82) is 0 Å². The van der Waals surface area contributed by atoms with Gasteiger partial charge in [0.1, 0.15) is 6.04 Å². The number of aliphatic hydroxyl groups excluding tert-OH is 1. The first kappa shape index (κ1) is 22.2. The fourth-order valence-corrected chi connectivity index (χ4v) is 3.45. The van der Waals surface area contributed by atoms with Crippen molar-refractivity contribution in [2.24, 2.45) is 0 Å². The van der Waals surface area contributed by atoms with Crippen LogP contribution in [0.4, 0.5) is 5.69 Å². The summed E-state index contributed by atoms with van der Waals surface area (Å²) in [6.07, 6.45) is 3.01. The van der Waals surface area contributed by atoms with E-state index in [-0.39, 0.29) is 11.7 Å². The third kappa shape index (κ3) is 6.02. The minimum atomic E-state index is -0.977. The molecule has 162 valence electrons. The van der Waals surface area contributed by atoms with Crippen LogP contribution in [0.15, 0.2) is 60.7 Å². The number of carbonyl (C=O) groups is 3. The SMILES string of the molecule is CC(=O)c1ccc(N2CCN(C(=O)C(CO)NC(=O)C=Cc3ccccc3)CC2)cc1. The first-order valence-corrected chi connectivity index (χ1v) is 10.3. The molecule has 7 heteroatoms. The topological polar surface area (TPSA) is 90.0 Å². The molecule has 2 aromatic rings. The molecular weight excluding hydrogens is 394 g/mol. The Morgan fingerprint density at radius 2 is 1.65 bits per heavy atom. The number of hydrogen-bond acceptors (Lipinski definition) is 5. The lowest BCUT2D eigenvalue weighted by Crippen LogP contribution is -2.56. The number of carbonyl (C=O) groups excluding carboxylic acids is 3. The fourth-order valence-electron chi connectivity index (χ4n) is 3.45. The van der Waals surface area contributed by atoms with Gasteiger partial charge in [0.15, 0.2) is 5.78 Å². The van der Waals surface area contributed by atoms with Crippen LogP contribution in [0.1, 0.15) is 22.8 Å². The molecule has 0 spiro atoms. The molecule has 1 saturated heterocycles. The predicted molar refractivity (Wildman–Crippen MR) is 120 cm³/mol. The van der Waals surface area contributed by atoms with Crippen molar-refractivity contribution in [2.45, 2.75) is 13.0 Å². The van der Waals surface area contributed by atoms with Crippen molar-refractivity contribution in [3.8, 4) is 0 Å². The quantitative estimate of drug-likeness (QED) is 0.525. The molecular formula is C24H27N3O4. The molecule has 0 saturated carbocycles. The van der Waals surface area contributed by atoms with E-state index >= 15 is 0 Å². The van der Waals surface area contributed by atoms with Crippen LogP contribution in [-0.4, -0.2) is 66.4 Å². The smallest absolute Gasteiger partial charge is 0.247 e. The molecule has 2 aromatic carbocycles. The standard InChI is InChI=1S/C24H27N3O4/c1-18(29)20-8-10-21(11-9-20)26-13-15-27(16-14-26)24(31)22(17-28)25-23(30)12-7-19-5-3-2-4-6-19/h2-12,22,28H,13-17H2,1H3,(H,25,30). The van der Waals surface area contributed by atoms with Gasteiger partial charge in [-0.2, -0.15) is 0 Å². The molecule has 3 rings (SSSR count). The zero-order valence-electron chi connectivity index (χ0n) is 17.5. The molecule has 1 heterocycles. The summed E-state index contributed by atoms with van der Waals surface area (Å²) < 4.78 is 0. The van der Waals surface area contributed by atoms with Gasteiger partial charge in [-0.15, -0.1) is 0 Å².